The fourth-order valence-electron chi connectivity index (χ4n) is 1.79. The Hall–Kier alpha value is -1.55. The molecule has 0 heterocycles. The zero-order valence-corrected chi connectivity index (χ0v) is 12.6. The van der Waals surface area contributed by atoms with Crippen LogP contribution in [0.15, 0.2) is 24.3 Å². The first-order chi connectivity index (χ1) is 9.52. The smallest absolute Gasteiger partial charge is 0.220 e. The number of carbonyl (C=O) groups is 1. The summed E-state index contributed by atoms with van der Waals surface area (Å²) in [5, 5.41) is 12.8. The van der Waals surface area contributed by atoms with Gasteiger partial charge in [-0.25, -0.2) is 0 Å². The Bertz CT molecular complexity index is 401. The molecule has 1 atom stereocenters. The van der Waals surface area contributed by atoms with Crippen LogP contribution in [0.25, 0.3) is 0 Å². The number of hydrogen-bond acceptors (Lipinski definition) is 3. The standard InChI is InChI=1S/C16H25NO3/c1-4-5-6-16(19)17-11-15(18)13-7-9-14(10-8-13)20-12(2)3/h7-10,12,15,18H,4-6,11H2,1-3H3,(H,17,19)/t15-/m1/s1. The largest absolute Gasteiger partial charge is 0.491 e. The van der Waals surface area contributed by atoms with E-state index >= 15 is 0 Å². The van der Waals surface area contributed by atoms with Crippen molar-refractivity contribution >= 4 is 5.91 Å². The lowest BCUT2D eigenvalue weighted by atomic mass is 10.1. The van der Waals surface area contributed by atoms with E-state index in [0.29, 0.717) is 6.42 Å². The maximum atomic E-state index is 11.5. The number of hydrogen-bond donors (Lipinski definition) is 2. The second kappa shape index (κ2) is 8.59. The first-order valence-electron chi connectivity index (χ1n) is 7.24. The molecule has 0 aliphatic rings. The lowest BCUT2D eigenvalue weighted by molar-refractivity contribution is -0.121. The number of ether oxygens (including phenoxy) is 1. The number of aliphatic hydroxyl groups excluding tert-OH is 1. The molecule has 4 heteroatoms. The van der Waals surface area contributed by atoms with Crippen molar-refractivity contribution in [1.29, 1.82) is 0 Å². The first-order valence-corrected chi connectivity index (χ1v) is 7.24. The van der Waals surface area contributed by atoms with E-state index in [0.717, 1.165) is 24.2 Å². The van der Waals surface area contributed by atoms with E-state index in [9.17, 15) is 9.90 Å². The van der Waals surface area contributed by atoms with Gasteiger partial charge in [0.05, 0.1) is 12.2 Å². The predicted molar refractivity (Wildman–Crippen MR) is 79.7 cm³/mol. The van der Waals surface area contributed by atoms with E-state index in [1.165, 1.54) is 0 Å². The molecule has 112 valence electrons. The number of amides is 1. The van der Waals surface area contributed by atoms with Crippen LogP contribution in [0.3, 0.4) is 0 Å². The summed E-state index contributed by atoms with van der Waals surface area (Å²) in [6.45, 7) is 6.22. The third-order valence-corrected chi connectivity index (χ3v) is 2.89. The molecule has 0 aliphatic carbocycles. The number of rotatable bonds is 8. The van der Waals surface area contributed by atoms with Crippen molar-refractivity contribution < 1.29 is 14.6 Å². The van der Waals surface area contributed by atoms with E-state index in [2.05, 4.69) is 5.32 Å². The summed E-state index contributed by atoms with van der Waals surface area (Å²) in [5.41, 5.74) is 0.775. The molecule has 0 saturated heterocycles. The van der Waals surface area contributed by atoms with Crippen LogP contribution >= 0.6 is 0 Å². The van der Waals surface area contributed by atoms with Crippen molar-refractivity contribution in [2.75, 3.05) is 6.54 Å². The van der Waals surface area contributed by atoms with Gasteiger partial charge in [-0.1, -0.05) is 25.5 Å². The van der Waals surface area contributed by atoms with Crippen LogP contribution in [0, 0.1) is 0 Å². The lowest BCUT2D eigenvalue weighted by Crippen LogP contribution is -2.28. The van der Waals surface area contributed by atoms with Gasteiger partial charge in [0, 0.05) is 13.0 Å². The molecule has 2 N–H and O–H groups in total. The summed E-state index contributed by atoms with van der Waals surface area (Å²) < 4.78 is 5.54. The van der Waals surface area contributed by atoms with Gasteiger partial charge < -0.3 is 15.2 Å². The highest BCUT2D eigenvalue weighted by atomic mass is 16.5. The van der Waals surface area contributed by atoms with E-state index in [1.54, 1.807) is 0 Å². The molecule has 0 aliphatic heterocycles. The minimum absolute atomic E-state index is 0.00865. The monoisotopic (exact) mass is 279 g/mol. The predicted octanol–water partition coefficient (Wildman–Crippen LogP) is 2.81. The number of aliphatic hydroxyl groups is 1. The van der Waals surface area contributed by atoms with E-state index in [1.807, 2.05) is 45.0 Å². The van der Waals surface area contributed by atoms with Gasteiger partial charge in [0.15, 0.2) is 0 Å². The van der Waals surface area contributed by atoms with Gasteiger partial charge >= 0.3 is 0 Å². The fraction of sp³-hybridized carbons (Fsp3) is 0.562. The Kier molecular flexibility index (Phi) is 7.09. The maximum Gasteiger partial charge on any atom is 0.220 e. The normalized spacial score (nSPS) is 12.2. The highest BCUT2D eigenvalue weighted by Gasteiger charge is 2.09. The molecule has 0 aromatic heterocycles. The Morgan fingerprint density at radius 1 is 1.30 bits per heavy atom. The van der Waals surface area contributed by atoms with Crippen LogP contribution in [0.2, 0.25) is 0 Å². The molecule has 1 rings (SSSR count). The number of nitrogens with one attached hydrogen (secondary N) is 1. The molecule has 1 aromatic rings. The van der Waals surface area contributed by atoms with Gasteiger partial charge in [0.1, 0.15) is 5.75 Å². The molecule has 0 bridgehead atoms. The van der Waals surface area contributed by atoms with Gasteiger partial charge in [-0.2, -0.15) is 0 Å². The number of unbranched alkanes of at least 4 members (excludes halogenated alkanes) is 1. The van der Waals surface area contributed by atoms with Crippen LogP contribution in [0.4, 0.5) is 0 Å². The zero-order valence-electron chi connectivity index (χ0n) is 12.6. The van der Waals surface area contributed by atoms with Crippen LogP contribution in [0.1, 0.15) is 51.7 Å². The Morgan fingerprint density at radius 2 is 1.95 bits per heavy atom. The Labute approximate surface area is 121 Å². The summed E-state index contributed by atoms with van der Waals surface area (Å²) in [6, 6.07) is 7.30. The molecule has 1 aromatic carbocycles. The zero-order chi connectivity index (χ0) is 15.0. The number of benzene rings is 1. The molecule has 20 heavy (non-hydrogen) atoms. The highest BCUT2D eigenvalue weighted by Crippen LogP contribution is 2.18. The van der Waals surface area contributed by atoms with E-state index in [4.69, 9.17) is 4.74 Å². The second-order valence-electron chi connectivity index (χ2n) is 5.16. The molecule has 0 spiro atoms. The van der Waals surface area contributed by atoms with E-state index in [-0.39, 0.29) is 18.6 Å². The van der Waals surface area contributed by atoms with Gasteiger partial charge in [-0.3, -0.25) is 4.79 Å². The number of carbonyl (C=O) groups excluding carboxylic acids is 1. The molecule has 1 amide bonds. The van der Waals surface area contributed by atoms with Crippen molar-refractivity contribution in [3.63, 3.8) is 0 Å². The molecule has 0 saturated carbocycles. The average Bonchev–Trinajstić information content (AvgIpc) is 2.42. The van der Waals surface area contributed by atoms with Gasteiger partial charge in [0.25, 0.3) is 0 Å². The van der Waals surface area contributed by atoms with Crippen molar-refractivity contribution in [3.05, 3.63) is 29.8 Å². The summed E-state index contributed by atoms with van der Waals surface area (Å²) in [5.74, 6) is 0.772. The second-order valence-corrected chi connectivity index (χ2v) is 5.16. The van der Waals surface area contributed by atoms with Gasteiger partial charge in [-0.15, -0.1) is 0 Å². The third-order valence-electron chi connectivity index (χ3n) is 2.89. The van der Waals surface area contributed by atoms with Crippen molar-refractivity contribution in [2.24, 2.45) is 0 Å². The summed E-state index contributed by atoms with van der Waals surface area (Å²) in [6.07, 6.45) is 1.83. The van der Waals surface area contributed by atoms with Crippen LogP contribution in [0.5, 0.6) is 5.75 Å². The average molecular weight is 279 g/mol. The molecule has 0 fully saturated rings. The molecular weight excluding hydrogens is 254 g/mol. The van der Waals surface area contributed by atoms with Crippen molar-refractivity contribution in [3.8, 4) is 5.75 Å². The SMILES string of the molecule is CCCCC(=O)NC[C@@H](O)c1ccc(OC(C)C)cc1. The molecule has 0 unspecified atom stereocenters. The summed E-state index contributed by atoms with van der Waals surface area (Å²) >= 11 is 0. The first kappa shape index (κ1) is 16.5. The quantitative estimate of drug-likeness (QED) is 0.769. The summed E-state index contributed by atoms with van der Waals surface area (Å²) in [4.78, 5) is 11.5. The van der Waals surface area contributed by atoms with E-state index < -0.39 is 6.10 Å². The van der Waals surface area contributed by atoms with Crippen molar-refractivity contribution in [1.82, 2.24) is 5.32 Å². The molecular formula is C16H25NO3. The van der Waals surface area contributed by atoms with Crippen molar-refractivity contribution in [2.45, 2.75) is 52.2 Å². The minimum Gasteiger partial charge on any atom is -0.491 e. The molecule has 4 nitrogen and oxygen atoms in total. The molecule has 0 radical (unpaired) electrons. The van der Waals surface area contributed by atoms with Gasteiger partial charge in [-0.05, 0) is 38.0 Å². The van der Waals surface area contributed by atoms with Crippen LogP contribution in [-0.4, -0.2) is 23.7 Å². The lowest BCUT2D eigenvalue weighted by Gasteiger charge is -2.14. The van der Waals surface area contributed by atoms with Gasteiger partial charge in [0.2, 0.25) is 5.91 Å². The maximum absolute atomic E-state index is 11.5. The van der Waals surface area contributed by atoms with Crippen LogP contribution < -0.4 is 10.1 Å². The fourth-order valence-corrected chi connectivity index (χ4v) is 1.79. The highest BCUT2D eigenvalue weighted by molar-refractivity contribution is 5.75. The van der Waals surface area contributed by atoms with Crippen LogP contribution in [-0.2, 0) is 4.79 Å². The Balaban J connectivity index is 2.43. The third kappa shape index (κ3) is 6.06. The summed E-state index contributed by atoms with van der Waals surface area (Å²) in [7, 11) is 0. The topological polar surface area (TPSA) is 58.6 Å². The Morgan fingerprint density at radius 3 is 2.50 bits per heavy atom. The minimum atomic E-state index is -0.686.